The third-order valence-corrected chi connectivity index (χ3v) is 5.09. The largest absolute Gasteiger partial charge is 0.378 e. The number of carbonyl (C=O) groups excluding carboxylic acids is 1. The number of morpholine rings is 1. The van der Waals surface area contributed by atoms with E-state index in [1.165, 1.54) is 11.0 Å². The number of carbonyl (C=O) groups is 1. The van der Waals surface area contributed by atoms with E-state index < -0.39 is 11.4 Å². The minimum atomic E-state index is -0.972. The number of hydrogen-bond donors (Lipinski definition) is 1. The van der Waals surface area contributed by atoms with Crippen molar-refractivity contribution in [2.24, 2.45) is 0 Å². The van der Waals surface area contributed by atoms with Gasteiger partial charge in [-0.05, 0) is 25.5 Å². The van der Waals surface area contributed by atoms with Crippen LogP contribution in [0, 0.1) is 11.6 Å². The average Bonchev–Trinajstić information content (AvgIpc) is 3.02. The lowest BCUT2D eigenvalue weighted by molar-refractivity contribution is -0.118. The fourth-order valence-corrected chi connectivity index (χ4v) is 3.77. The highest BCUT2D eigenvalue weighted by molar-refractivity contribution is 5.97. The number of ether oxygens (including phenoxy) is 1. The van der Waals surface area contributed by atoms with Gasteiger partial charge in [-0.25, -0.2) is 9.37 Å². The molecule has 1 fully saturated rings. The first-order valence-electron chi connectivity index (χ1n) is 9.16. The van der Waals surface area contributed by atoms with Gasteiger partial charge in [0.1, 0.15) is 11.6 Å². The molecule has 0 bridgehead atoms. The van der Waals surface area contributed by atoms with Gasteiger partial charge in [0.2, 0.25) is 11.7 Å². The standard InChI is InChI=1S/C19H20F2N4O3/c1-11-9-12-13(20)3-2-4-14(12)25(11)16(26)10-15-22-18(17(21)19(27)23-15)24-5-7-28-8-6-24/h2-4,11H,5-10H2,1H3,(H,22,23,27)/t11-/m1/s1. The first kappa shape index (κ1) is 18.5. The number of amides is 1. The summed E-state index contributed by atoms with van der Waals surface area (Å²) in [6, 6.07) is 4.40. The Kier molecular flexibility index (Phi) is 4.84. The van der Waals surface area contributed by atoms with Crippen molar-refractivity contribution in [2.75, 3.05) is 36.1 Å². The van der Waals surface area contributed by atoms with Gasteiger partial charge in [-0.3, -0.25) is 9.59 Å². The van der Waals surface area contributed by atoms with Crippen LogP contribution in [0.5, 0.6) is 0 Å². The second kappa shape index (κ2) is 7.31. The van der Waals surface area contributed by atoms with Gasteiger partial charge < -0.3 is 19.5 Å². The van der Waals surface area contributed by atoms with E-state index in [4.69, 9.17) is 4.74 Å². The van der Waals surface area contributed by atoms with Crippen LogP contribution < -0.4 is 15.4 Å². The van der Waals surface area contributed by atoms with E-state index in [0.29, 0.717) is 44.0 Å². The molecule has 0 saturated carbocycles. The Morgan fingerprint density at radius 1 is 1.32 bits per heavy atom. The molecule has 0 spiro atoms. The number of hydrogen-bond acceptors (Lipinski definition) is 5. The molecule has 0 aliphatic carbocycles. The van der Waals surface area contributed by atoms with Gasteiger partial charge in [-0.1, -0.05) is 6.07 Å². The smallest absolute Gasteiger partial charge is 0.289 e. The van der Waals surface area contributed by atoms with Crippen LogP contribution in [0.2, 0.25) is 0 Å². The highest BCUT2D eigenvalue weighted by atomic mass is 19.1. The Balaban J connectivity index is 1.61. The molecule has 1 aromatic heterocycles. The van der Waals surface area contributed by atoms with Crippen LogP contribution in [0.3, 0.4) is 0 Å². The lowest BCUT2D eigenvalue weighted by atomic mass is 10.1. The summed E-state index contributed by atoms with van der Waals surface area (Å²) < 4.78 is 33.6. The maximum atomic E-state index is 14.3. The van der Waals surface area contributed by atoms with E-state index >= 15 is 0 Å². The molecule has 28 heavy (non-hydrogen) atoms. The van der Waals surface area contributed by atoms with E-state index in [1.807, 2.05) is 6.92 Å². The summed E-state index contributed by atoms with van der Waals surface area (Å²) >= 11 is 0. The normalized spacial score (nSPS) is 19.0. The molecule has 1 atom stereocenters. The summed E-state index contributed by atoms with van der Waals surface area (Å²) in [5.74, 6) is -1.65. The zero-order valence-corrected chi connectivity index (χ0v) is 15.4. The number of benzene rings is 1. The monoisotopic (exact) mass is 390 g/mol. The number of anilines is 2. The van der Waals surface area contributed by atoms with E-state index in [1.54, 1.807) is 17.0 Å². The lowest BCUT2D eigenvalue weighted by Gasteiger charge is -2.28. The van der Waals surface area contributed by atoms with Gasteiger partial charge >= 0.3 is 0 Å². The van der Waals surface area contributed by atoms with E-state index in [9.17, 15) is 18.4 Å². The highest BCUT2D eigenvalue weighted by Gasteiger charge is 2.33. The van der Waals surface area contributed by atoms with Crippen LogP contribution in [0.4, 0.5) is 20.3 Å². The molecule has 2 aliphatic rings. The van der Waals surface area contributed by atoms with Gasteiger partial charge in [0, 0.05) is 24.7 Å². The van der Waals surface area contributed by atoms with Gasteiger partial charge in [0.25, 0.3) is 5.56 Å². The summed E-state index contributed by atoms with van der Waals surface area (Å²) in [7, 11) is 0. The maximum Gasteiger partial charge on any atom is 0.289 e. The summed E-state index contributed by atoms with van der Waals surface area (Å²) in [5, 5.41) is 0. The Bertz CT molecular complexity index is 972. The summed E-state index contributed by atoms with van der Waals surface area (Å²) in [5.41, 5.74) is 0.105. The predicted molar refractivity (Wildman–Crippen MR) is 98.6 cm³/mol. The Morgan fingerprint density at radius 3 is 2.82 bits per heavy atom. The number of fused-ring (bicyclic) bond motifs is 1. The van der Waals surface area contributed by atoms with E-state index in [0.717, 1.165) is 0 Å². The minimum absolute atomic E-state index is 0.0734. The Hall–Kier alpha value is -2.81. The molecule has 9 heteroatoms. The fraction of sp³-hybridized carbons (Fsp3) is 0.421. The fourth-order valence-electron chi connectivity index (χ4n) is 3.77. The topological polar surface area (TPSA) is 78.5 Å². The lowest BCUT2D eigenvalue weighted by Crippen LogP contribution is -2.40. The van der Waals surface area contributed by atoms with Crippen molar-refractivity contribution >= 4 is 17.4 Å². The van der Waals surface area contributed by atoms with Crippen LogP contribution in [0.1, 0.15) is 18.3 Å². The molecule has 4 rings (SSSR count). The molecule has 2 aromatic rings. The Morgan fingerprint density at radius 2 is 2.07 bits per heavy atom. The first-order chi connectivity index (χ1) is 13.5. The zero-order valence-electron chi connectivity index (χ0n) is 15.4. The SMILES string of the molecule is C[C@@H]1Cc2c(F)cccc2N1C(=O)Cc1nc(N2CCOCC2)c(F)c(=O)[nH]1. The third kappa shape index (κ3) is 3.26. The van der Waals surface area contributed by atoms with E-state index in [2.05, 4.69) is 9.97 Å². The van der Waals surface area contributed by atoms with Crippen molar-refractivity contribution in [1.82, 2.24) is 9.97 Å². The average molecular weight is 390 g/mol. The first-order valence-corrected chi connectivity index (χ1v) is 9.16. The molecule has 3 heterocycles. The molecule has 1 amide bonds. The van der Waals surface area contributed by atoms with Gasteiger partial charge in [0.05, 0.1) is 25.3 Å². The highest BCUT2D eigenvalue weighted by Crippen LogP contribution is 2.34. The van der Waals surface area contributed by atoms with Gasteiger partial charge in [-0.15, -0.1) is 0 Å². The third-order valence-electron chi connectivity index (χ3n) is 5.09. The van der Waals surface area contributed by atoms with Gasteiger partial charge in [-0.2, -0.15) is 4.39 Å². The minimum Gasteiger partial charge on any atom is -0.378 e. The van der Waals surface area contributed by atoms with Crippen molar-refractivity contribution < 1.29 is 18.3 Å². The van der Waals surface area contributed by atoms with Crippen LogP contribution in [0.25, 0.3) is 0 Å². The number of halogens is 2. The number of aromatic nitrogens is 2. The van der Waals surface area contributed by atoms with Crippen molar-refractivity contribution in [3.63, 3.8) is 0 Å². The summed E-state index contributed by atoms with van der Waals surface area (Å²) in [6.07, 6.45) is 0.202. The molecule has 1 N–H and O–H groups in total. The number of rotatable bonds is 3. The second-order valence-electron chi connectivity index (χ2n) is 6.98. The molecule has 0 unspecified atom stereocenters. The molecule has 148 valence electrons. The maximum absolute atomic E-state index is 14.3. The van der Waals surface area contributed by atoms with Crippen molar-refractivity contribution in [3.05, 3.63) is 51.6 Å². The van der Waals surface area contributed by atoms with Gasteiger partial charge in [0.15, 0.2) is 5.82 Å². The van der Waals surface area contributed by atoms with E-state index in [-0.39, 0.29) is 35.8 Å². The number of nitrogens with zero attached hydrogens (tertiary/aromatic N) is 3. The summed E-state index contributed by atoms with van der Waals surface area (Å²) in [6.45, 7) is 3.48. The number of H-pyrrole nitrogens is 1. The van der Waals surface area contributed by atoms with Crippen LogP contribution in [-0.4, -0.2) is 48.2 Å². The number of nitrogens with one attached hydrogen (secondary N) is 1. The molecular formula is C19H20F2N4O3. The van der Waals surface area contributed by atoms with Crippen molar-refractivity contribution in [1.29, 1.82) is 0 Å². The molecule has 1 saturated heterocycles. The van der Waals surface area contributed by atoms with Crippen LogP contribution >= 0.6 is 0 Å². The Labute approximate surface area is 159 Å². The quantitative estimate of drug-likeness (QED) is 0.857. The van der Waals surface area contributed by atoms with Crippen molar-refractivity contribution in [3.8, 4) is 0 Å². The predicted octanol–water partition coefficient (Wildman–Crippen LogP) is 1.40. The van der Waals surface area contributed by atoms with Crippen LogP contribution in [-0.2, 0) is 22.4 Å². The molecule has 7 nitrogen and oxygen atoms in total. The molecule has 0 radical (unpaired) electrons. The van der Waals surface area contributed by atoms with Crippen molar-refractivity contribution in [2.45, 2.75) is 25.8 Å². The summed E-state index contributed by atoms with van der Waals surface area (Å²) in [4.78, 5) is 34.6. The molecule has 2 aliphatic heterocycles. The molecule has 1 aromatic carbocycles. The van der Waals surface area contributed by atoms with Crippen LogP contribution in [0.15, 0.2) is 23.0 Å². The number of aromatic amines is 1. The zero-order chi connectivity index (χ0) is 19.8. The second-order valence-corrected chi connectivity index (χ2v) is 6.98. The molecular weight excluding hydrogens is 370 g/mol.